The third-order valence-corrected chi connectivity index (χ3v) is 15.2. The lowest BCUT2D eigenvalue weighted by atomic mass is 9.80. The number of benzene rings is 3. The summed E-state index contributed by atoms with van der Waals surface area (Å²) in [6.07, 6.45) is -2.69. The molecule has 2 aromatic heterocycles. The first kappa shape index (κ1) is 40.0. The summed E-state index contributed by atoms with van der Waals surface area (Å²) >= 11 is 0. The smallest absolute Gasteiger partial charge is 0.228 e. The molecule has 3 heterocycles. The van der Waals surface area contributed by atoms with E-state index < -0.39 is 44.3 Å². The van der Waals surface area contributed by atoms with Crippen LogP contribution >= 0.6 is 0 Å². The number of nitrogens with zero attached hydrogens (tertiary/aromatic N) is 3. The summed E-state index contributed by atoms with van der Waals surface area (Å²) in [4.78, 5) is 21.2. The summed E-state index contributed by atoms with van der Waals surface area (Å²) in [7, 11) is 0.566. The molecule has 5 aromatic rings. The molecule has 1 aliphatic heterocycles. The van der Waals surface area contributed by atoms with Gasteiger partial charge in [-0.15, -0.1) is 0 Å². The molecule has 0 saturated carbocycles. The van der Waals surface area contributed by atoms with Gasteiger partial charge in [0.05, 0.1) is 26.2 Å². The second kappa shape index (κ2) is 15.8. The van der Waals surface area contributed by atoms with Crippen molar-refractivity contribution < 1.29 is 36.9 Å². The van der Waals surface area contributed by atoms with Crippen molar-refractivity contribution in [3.8, 4) is 11.5 Å². The summed E-state index contributed by atoms with van der Waals surface area (Å²) in [6.45, 7) is 13.5. The molecule has 13 heteroatoms. The largest absolute Gasteiger partial charge is 0.497 e. The summed E-state index contributed by atoms with van der Waals surface area (Å²) in [5.41, 5.74) is 1.24. The fourth-order valence-electron chi connectivity index (χ4n) is 6.57. The molecule has 4 atom stereocenters. The van der Waals surface area contributed by atoms with Crippen molar-refractivity contribution in [1.82, 2.24) is 14.5 Å². The Morgan fingerprint density at radius 1 is 0.909 bits per heavy atom. The summed E-state index contributed by atoms with van der Waals surface area (Å²) in [5.74, 6) is -0.0511. The van der Waals surface area contributed by atoms with E-state index in [1.165, 1.54) is 17.1 Å². The first-order valence-electron chi connectivity index (χ1n) is 18.4. The lowest BCUT2D eigenvalue weighted by Crippen LogP contribution is -2.48. The Bertz CT molecular complexity index is 2040. The van der Waals surface area contributed by atoms with E-state index in [0.29, 0.717) is 11.5 Å². The highest BCUT2D eigenvalue weighted by Gasteiger charge is 2.53. The second-order valence-electron chi connectivity index (χ2n) is 15.6. The van der Waals surface area contributed by atoms with Crippen LogP contribution in [0, 0.1) is 11.7 Å². The number of anilines is 1. The van der Waals surface area contributed by atoms with Crippen molar-refractivity contribution in [2.75, 3.05) is 26.1 Å². The number of ether oxygens (including phenoxy) is 4. The highest BCUT2D eigenvalue weighted by Crippen LogP contribution is 2.46. The van der Waals surface area contributed by atoms with Crippen molar-refractivity contribution in [3.05, 3.63) is 114 Å². The Morgan fingerprint density at radius 2 is 1.47 bits per heavy atom. The number of fused-ring (bicyclic) bond motifs is 1. The number of aromatic nitrogens is 3. The topological polar surface area (TPSA) is 106 Å². The third kappa shape index (κ3) is 7.75. The number of halogens is 2. The SMILES string of the molecule is COc1ccc(C(OC[C@H]2O[C@@H](n3cc(F)c4c(NC(=O)C(C)C)ncnc43)[C@H](O[Si](C)(C)C(C)(C)C)C2F)(c2ccccc2)c2ccc(OC)cc2)cc1. The molecule has 1 saturated heterocycles. The van der Waals surface area contributed by atoms with E-state index in [4.69, 9.17) is 23.4 Å². The van der Waals surface area contributed by atoms with Crippen LogP contribution in [0.3, 0.4) is 0 Å². The van der Waals surface area contributed by atoms with E-state index in [-0.39, 0.29) is 40.3 Å². The molecule has 1 unspecified atom stereocenters. The highest BCUT2D eigenvalue weighted by atomic mass is 28.4. The highest BCUT2D eigenvalue weighted by molar-refractivity contribution is 6.74. The zero-order valence-corrected chi connectivity index (χ0v) is 33.8. The fraction of sp³-hybridized carbons (Fsp3) is 0.405. The van der Waals surface area contributed by atoms with Gasteiger partial charge in [0.1, 0.15) is 41.5 Å². The van der Waals surface area contributed by atoms with E-state index in [1.54, 1.807) is 28.1 Å². The molecule has 1 amide bonds. The first-order valence-corrected chi connectivity index (χ1v) is 21.3. The van der Waals surface area contributed by atoms with Crippen molar-refractivity contribution in [1.29, 1.82) is 0 Å². The van der Waals surface area contributed by atoms with Crippen molar-refractivity contribution in [2.24, 2.45) is 5.92 Å². The van der Waals surface area contributed by atoms with Gasteiger partial charge in [0, 0.05) is 12.1 Å². The number of methoxy groups -OCH3 is 2. The summed E-state index contributed by atoms with van der Waals surface area (Å²) in [5, 5.41) is 2.40. The molecule has 0 radical (unpaired) electrons. The van der Waals surface area contributed by atoms with Crippen LogP contribution < -0.4 is 14.8 Å². The summed E-state index contributed by atoms with van der Waals surface area (Å²) < 4.78 is 66.1. The lowest BCUT2D eigenvalue weighted by molar-refractivity contribution is -0.118. The van der Waals surface area contributed by atoms with Crippen LogP contribution in [0.1, 0.15) is 57.5 Å². The van der Waals surface area contributed by atoms with Crippen molar-refractivity contribution >= 4 is 31.1 Å². The Balaban J connectivity index is 1.45. The van der Waals surface area contributed by atoms with Gasteiger partial charge in [-0.1, -0.05) is 89.2 Å². The van der Waals surface area contributed by atoms with Gasteiger partial charge in [-0.25, -0.2) is 18.7 Å². The Morgan fingerprint density at radius 3 is 2.00 bits per heavy atom. The number of carbonyl (C=O) groups excluding carboxylic acids is 1. The van der Waals surface area contributed by atoms with Gasteiger partial charge in [0.2, 0.25) is 5.91 Å². The van der Waals surface area contributed by atoms with Crippen LogP contribution in [-0.2, 0) is 24.3 Å². The maximum atomic E-state index is 17.3. The average Bonchev–Trinajstić information content (AvgIpc) is 3.67. The molecule has 0 bridgehead atoms. The fourth-order valence-corrected chi connectivity index (χ4v) is 7.85. The van der Waals surface area contributed by atoms with E-state index in [1.807, 2.05) is 92.0 Å². The number of hydrogen-bond acceptors (Lipinski definition) is 8. The molecule has 0 aliphatic carbocycles. The zero-order valence-electron chi connectivity index (χ0n) is 32.8. The molecule has 1 aliphatic rings. The van der Waals surface area contributed by atoms with Gasteiger partial charge in [-0.05, 0) is 59.1 Å². The number of alkyl halides is 1. The maximum Gasteiger partial charge on any atom is 0.228 e. The monoisotopic (exact) mass is 772 g/mol. The minimum absolute atomic E-state index is 0.0107. The van der Waals surface area contributed by atoms with Gasteiger partial charge in [0.15, 0.2) is 32.2 Å². The number of nitrogens with one attached hydrogen (secondary N) is 1. The predicted octanol–water partition coefficient (Wildman–Crippen LogP) is 8.82. The van der Waals surface area contributed by atoms with Gasteiger partial charge in [-0.3, -0.25) is 4.79 Å². The van der Waals surface area contributed by atoms with Gasteiger partial charge >= 0.3 is 0 Å². The Kier molecular flexibility index (Phi) is 11.5. The standard InChI is InChI=1S/C42H50F2N4O6Si/c1-26(2)39(49)47-37-34-32(43)23-48(38(34)46-25-45-37)40-36(54-55(8,9)41(3,4)5)35(44)33(53-40)24-52-42(27-13-11-10-12-14-27,28-15-19-30(50-6)20-16-28)29-17-21-31(51-7)22-18-29/h10-23,25-26,33,35-36,40H,24H2,1-9H3,(H,45,46,47,49)/t33-,35?,36-,40-/m1/s1. The minimum atomic E-state index is -2.64. The Hall–Kier alpha value is -4.69. The van der Waals surface area contributed by atoms with Crippen LogP contribution in [0.4, 0.5) is 14.6 Å². The van der Waals surface area contributed by atoms with E-state index >= 15 is 8.78 Å². The molecule has 6 rings (SSSR count). The molecule has 0 spiro atoms. The van der Waals surface area contributed by atoms with E-state index in [9.17, 15) is 4.79 Å². The number of amides is 1. The summed E-state index contributed by atoms with van der Waals surface area (Å²) in [6, 6.07) is 24.8. The predicted molar refractivity (Wildman–Crippen MR) is 210 cm³/mol. The quantitative estimate of drug-likeness (QED) is 0.0936. The minimum Gasteiger partial charge on any atom is -0.497 e. The van der Waals surface area contributed by atoms with Crippen LogP contribution in [0.15, 0.2) is 91.4 Å². The van der Waals surface area contributed by atoms with Gasteiger partial charge in [0.25, 0.3) is 0 Å². The zero-order chi connectivity index (χ0) is 39.7. The van der Waals surface area contributed by atoms with Crippen molar-refractivity contribution in [2.45, 2.75) is 83.0 Å². The molecule has 55 heavy (non-hydrogen) atoms. The number of carbonyl (C=O) groups is 1. The van der Waals surface area contributed by atoms with Crippen LogP contribution in [0.25, 0.3) is 11.0 Å². The van der Waals surface area contributed by atoms with Crippen molar-refractivity contribution in [3.63, 3.8) is 0 Å². The number of hydrogen-bond donors (Lipinski definition) is 1. The molecule has 10 nitrogen and oxygen atoms in total. The molecular formula is C42H50F2N4O6Si. The Labute approximate surface area is 322 Å². The van der Waals surface area contributed by atoms with Crippen LogP contribution in [0.5, 0.6) is 11.5 Å². The van der Waals surface area contributed by atoms with Gasteiger partial charge < -0.3 is 33.3 Å². The molecule has 1 N–H and O–H groups in total. The van der Waals surface area contributed by atoms with Crippen LogP contribution in [-0.4, -0.2) is 68.0 Å². The molecule has 3 aromatic carbocycles. The normalized spacial score (nSPS) is 19.2. The first-order chi connectivity index (χ1) is 26.1. The average molecular weight is 773 g/mol. The second-order valence-corrected chi connectivity index (χ2v) is 20.4. The molecular weight excluding hydrogens is 723 g/mol. The van der Waals surface area contributed by atoms with E-state index in [2.05, 4.69) is 36.1 Å². The molecule has 292 valence electrons. The maximum absolute atomic E-state index is 17.3. The lowest BCUT2D eigenvalue weighted by Gasteiger charge is -2.40. The van der Waals surface area contributed by atoms with E-state index in [0.717, 1.165) is 16.7 Å². The van der Waals surface area contributed by atoms with Crippen LogP contribution in [0.2, 0.25) is 18.1 Å². The third-order valence-electron chi connectivity index (χ3n) is 10.7. The van der Waals surface area contributed by atoms with Gasteiger partial charge in [-0.2, -0.15) is 0 Å². The molecule has 1 fully saturated rings. The number of rotatable bonds is 13.